The van der Waals surface area contributed by atoms with Crippen LogP contribution in [-0.4, -0.2) is 5.78 Å². The highest BCUT2D eigenvalue weighted by atomic mass is 35.5. The monoisotopic (exact) mass is 419 g/mol. The number of anilines is 1. The summed E-state index contributed by atoms with van der Waals surface area (Å²) < 4.78 is 0. The largest absolute Gasteiger partial charge is 0.378 e. The molecule has 0 heterocycles. The number of hydrogen-bond acceptors (Lipinski definition) is 2. The molecule has 0 aliphatic heterocycles. The van der Waals surface area contributed by atoms with Gasteiger partial charge in [0.2, 0.25) is 0 Å². The molecule has 3 heteroatoms. The fraction of sp³-hybridized carbons (Fsp3) is 0.296. The zero-order valence-electron chi connectivity index (χ0n) is 18.2. The first-order valence-electron chi connectivity index (χ1n) is 10.5. The van der Waals surface area contributed by atoms with Crippen molar-refractivity contribution >= 4 is 23.1 Å². The maximum Gasteiger partial charge on any atom is 0.165 e. The van der Waals surface area contributed by atoms with Crippen molar-refractivity contribution in [2.75, 3.05) is 5.32 Å². The van der Waals surface area contributed by atoms with Crippen LogP contribution in [0, 0.1) is 0 Å². The number of carbonyl (C=O) groups is 1. The van der Waals surface area contributed by atoms with E-state index in [4.69, 9.17) is 11.6 Å². The molecule has 1 N–H and O–H groups in total. The molecule has 0 fully saturated rings. The van der Waals surface area contributed by atoms with Crippen molar-refractivity contribution in [2.24, 2.45) is 0 Å². The van der Waals surface area contributed by atoms with Crippen molar-refractivity contribution in [1.29, 1.82) is 0 Å². The van der Waals surface area contributed by atoms with E-state index in [1.807, 2.05) is 48.5 Å². The molecule has 3 aromatic rings. The highest BCUT2D eigenvalue weighted by Crippen LogP contribution is 2.28. The highest BCUT2D eigenvalue weighted by molar-refractivity contribution is 6.30. The summed E-state index contributed by atoms with van der Waals surface area (Å²) in [5.74, 6) is 0.129. The minimum atomic E-state index is -0.126. The Labute approximate surface area is 185 Å². The summed E-state index contributed by atoms with van der Waals surface area (Å²) in [6, 6.07) is 24.0. The van der Waals surface area contributed by atoms with Crippen molar-refractivity contribution in [3.8, 4) is 0 Å². The summed E-state index contributed by atoms with van der Waals surface area (Å²) >= 11 is 6.03. The number of Topliss-reactive ketones (excluding diaryl/α,β-unsaturated/α-hetero) is 1. The number of nitrogens with one attached hydrogen (secondary N) is 1. The van der Waals surface area contributed by atoms with E-state index in [2.05, 4.69) is 57.3 Å². The molecule has 2 nitrogen and oxygen atoms in total. The second-order valence-corrected chi connectivity index (χ2v) is 9.19. The molecule has 30 heavy (non-hydrogen) atoms. The Bertz CT molecular complexity index is 967. The van der Waals surface area contributed by atoms with Gasteiger partial charge in [0.1, 0.15) is 0 Å². The Morgan fingerprint density at radius 2 is 1.50 bits per heavy atom. The molecule has 0 aliphatic carbocycles. The van der Waals surface area contributed by atoms with Gasteiger partial charge in [0.25, 0.3) is 0 Å². The fourth-order valence-corrected chi connectivity index (χ4v) is 3.57. The lowest BCUT2D eigenvalue weighted by molar-refractivity contribution is 0.0976. The molecule has 156 valence electrons. The maximum atomic E-state index is 13.0. The van der Waals surface area contributed by atoms with E-state index >= 15 is 0 Å². The van der Waals surface area contributed by atoms with Gasteiger partial charge in [-0.3, -0.25) is 4.79 Å². The van der Waals surface area contributed by atoms with Crippen molar-refractivity contribution < 1.29 is 4.79 Å². The number of benzene rings is 3. The quantitative estimate of drug-likeness (QED) is 0.399. The number of halogens is 1. The van der Waals surface area contributed by atoms with Crippen LogP contribution in [0.1, 0.15) is 67.2 Å². The lowest BCUT2D eigenvalue weighted by Gasteiger charge is -2.23. The van der Waals surface area contributed by atoms with E-state index in [0.717, 1.165) is 23.2 Å². The van der Waals surface area contributed by atoms with Crippen molar-refractivity contribution in [3.05, 3.63) is 100 Å². The van der Waals surface area contributed by atoms with Crippen LogP contribution in [0.3, 0.4) is 0 Å². The predicted molar refractivity (Wildman–Crippen MR) is 128 cm³/mol. The SMILES string of the molecule is CCc1ccc(C(=O)C[C@@H](Nc2ccc(Cl)cc2)c2ccc(C(C)(C)C)cc2)cc1. The lowest BCUT2D eigenvalue weighted by Crippen LogP contribution is -2.17. The Balaban J connectivity index is 1.86. The van der Waals surface area contributed by atoms with Gasteiger partial charge in [-0.15, -0.1) is 0 Å². The molecular formula is C27H30ClNO. The zero-order chi connectivity index (χ0) is 21.7. The number of ketones is 1. The summed E-state index contributed by atoms with van der Waals surface area (Å²) in [6.07, 6.45) is 1.35. The van der Waals surface area contributed by atoms with Crippen LogP contribution in [0.15, 0.2) is 72.8 Å². The number of aryl methyl sites for hydroxylation is 1. The van der Waals surface area contributed by atoms with Crippen molar-refractivity contribution in [3.63, 3.8) is 0 Å². The standard InChI is InChI=1S/C27H30ClNO/c1-5-19-6-8-21(9-7-19)26(30)18-25(29-24-16-14-23(28)15-17-24)20-10-12-22(13-11-20)27(2,3)4/h6-17,25,29H,5,18H2,1-4H3/t25-/m1/s1. The second-order valence-electron chi connectivity index (χ2n) is 8.75. The number of hydrogen-bond donors (Lipinski definition) is 1. The van der Waals surface area contributed by atoms with E-state index in [-0.39, 0.29) is 17.2 Å². The highest BCUT2D eigenvalue weighted by Gasteiger charge is 2.19. The van der Waals surface area contributed by atoms with Crippen LogP contribution < -0.4 is 5.32 Å². The van der Waals surface area contributed by atoms with Crippen LogP contribution in [0.5, 0.6) is 0 Å². The first-order valence-corrected chi connectivity index (χ1v) is 10.9. The Morgan fingerprint density at radius 1 is 0.900 bits per heavy atom. The van der Waals surface area contributed by atoms with Gasteiger partial charge in [-0.2, -0.15) is 0 Å². The first-order chi connectivity index (χ1) is 14.3. The third-order valence-electron chi connectivity index (χ3n) is 5.44. The van der Waals surface area contributed by atoms with Gasteiger partial charge >= 0.3 is 0 Å². The summed E-state index contributed by atoms with van der Waals surface area (Å²) in [6.45, 7) is 8.73. The molecule has 0 aromatic heterocycles. The molecule has 0 saturated heterocycles. The minimum absolute atomic E-state index is 0.0917. The molecule has 0 bridgehead atoms. The lowest BCUT2D eigenvalue weighted by atomic mass is 9.86. The third-order valence-corrected chi connectivity index (χ3v) is 5.69. The Kier molecular flexibility index (Phi) is 6.99. The number of rotatable bonds is 7. The molecule has 1 atom stereocenters. The van der Waals surface area contributed by atoms with Crippen molar-refractivity contribution in [1.82, 2.24) is 0 Å². The van der Waals surface area contributed by atoms with Crippen LogP contribution >= 0.6 is 11.6 Å². The number of carbonyl (C=O) groups excluding carboxylic acids is 1. The third kappa shape index (κ3) is 5.73. The first kappa shape index (κ1) is 22.1. The normalized spacial score (nSPS) is 12.4. The van der Waals surface area contributed by atoms with Gasteiger partial charge in [-0.05, 0) is 52.8 Å². The fourth-order valence-electron chi connectivity index (χ4n) is 3.44. The van der Waals surface area contributed by atoms with E-state index in [9.17, 15) is 4.79 Å². The minimum Gasteiger partial charge on any atom is -0.378 e. The second kappa shape index (κ2) is 9.49. The van der Waals surface area contributed by atoms with Crippen molar-refractivity contribution in [2.45, 2.75) is 52.0 Å². The predicted octanol–water partition coefficient (Wildman–Crippen LogP) is 7.63. The summed E-state index contributed by atoms with van der Waals surface area (Å²) in [7, 11) is 0. The molecule has 0 amide bonds. The molecule has 0 unspecified atom stereocenters. The molecular weight excluding hydrogens is 390 g/mol. The Hall–Kier alpha value is -2.58. The van der Waals surface area contributed by atoms with Crippen LogP contribution in [0.2, 0.25) is 5.02 Å². The molecule has 0 radical (unpaired) electrons. The van der Waals surface area contributed by atoms with Gasteiger partial charge in [0, 0.05) is 22.7 Å². The summed E-state index contributed by atoms with van der Waals surface area (Å²) in [5.41, 5.74) is 5.39. The molecule has 0 spiro atoms. The average Bonchev–Trinajstić information content (AvgIpc) is 2.74. The average molecular weight is 420 g/mol. The Morgan fingerprint density at radius 3 is 2.03 bits per heavy atom. The van der Waals surface area contributed by atoms with E-state index in [1.54, 1.807) is 0 Å². The molecule has 3 aromatic carbocycles. The topological polar surface area (TPSA) is 29.1 Å². The van der Waals surface area contributed by atoms with Gasteiger partial charge in [0.15, 0.2) is 5.78 Å². The van der Waals surface area contributed by atoms with E-state index < -0.39 is 0 Å². The van der Waals surface area contributed by atoms with Gasteiger partial charge < -0.3 is 5.32 Å². The van der Waals surface area contributed by atoms with Gasteiger partial charge in [-0.25, -0.2) is 0 Å². The summed E-state index contributed by atoms with van der Waals surface area (Å²) in [5, 5.41) is 4.22. The molecule has 3 rings (SSSR count). The molecule has 0 saturated carbocycles. The maximum absolute atomic E-state index is 13.0. The van der Waals surface area contributed by atoms with Crippen LogP contribution in [0.4, 0.5) is 5.69 Å². The summed E-state index contributed by atoms with van der Waals surface area (Å²) in [4.78, 5) is 13.0. The smallest absolute Gasteiger partial charge is 0.165 e. The molecule has 0 aliphatic rings. The van der Waals surface area contributed by atoms with Crippen LogP contribution in [0.25, 0.3) is 0 Å². The van der Waals surface area contributed by atoms with Gasteiger partial charge in [0.05, 0.1) is 6.04 Å². The van der Waals surface area contributed by atoms with E-state index in [1.165, 1.54) is 11.1 Å². The van der Waals surface area contributed by atoms with Gasteiger partial charge in [-0.1, -0.05) is 87.8 Å². The van der Waals surface area contributed by atoms with Crippen LogP contribution in [-0.2, 0) is 11.8 Å². The van der Waals surface area contributed by atoms with E-state index in [0.29, 0.717) is 11.4 Å². The zero-order valence-corrected chi connectivity index (χ0v) is 19.0.